The third kappa shape index (κ3) is 2.83. The number of carbonyl (C=O) groups excluding carboxylic acids is 1. The third-order valence-electron chi connectivity index (χ3n) is 2.14. The highest BCUT2D eigenvalue weighted by molar-refractivity contribution is 5.86. The van der Waals surface area contributed by atoms with Gasteiger partial charge in [-0.25, -0.2) is 9.59 Å². The summed E-state index contributed by atoms with van der Waals surface area (Å²) in [5.74, 6) is -2.53. The Morgan fingerprint density at radius 1 is 1.47 bits per heavy atom. The van der Waals surface area contributed by atoms with Crippen LogP contribution in [0.2, 0.25) is 0 Å². The van der Waals surface area contributed by atoms with Crippen molar-refractivity contribution >= 4 is 18.0 Å². The first-order chi connectivity index (χ1) is 7.02. The van der Waals surface area contributed by atoms with Crippen molar-refractivity contribution in [3.05, 3.63) is 0 Å². The number of amides is 2. The second kappa shape index (κ2) is 4.63. The predicted octanol–water partition coefficient (Wildman–Crippen LogP) is -0.670. The fourth-order valence-corrected chi connectivity index (χ4v) is 1.44. The lowest BCUT2D eigenvalue weighted by atomic mass is 10.1. The molecular weight excluding hydrogens is 204 g/mol. The minimum Gasteiger partial charge on any atom is -0.481 e. The molecule has 1 heterocycles. The Bertz CT molecular complexity index is 291. The maximum atomic E-state index is 11.3. The van der Waals surface area contributed by atoms with Crippen LogP contribution >= 0.6 is 0 Å². The van der Waals surface area contributed by atoms with Gasteiger partial charge in [0.05, 0.1) is 6.42 Å². The fraction of sp³-hybridized carbons (Fsp3) is 0.625. The molecule has 0 radical (unpaired) electrons. The molecule has 1 aliphatic rings. The molecule has 7 heteroatoms. The average molecular weight is 216 g/mol. The van der Waals surface area contributed by atoms with Gasteiger partial charge >= 0.3 is 18.0 Å². The molecule has 1 rings (SSSR count). The van der Waals surface area contributed by atoms with Crippen molar-refractivity contribution in [2.24, 2.45) is 0 Å². The van der Waals surface area contributed by atoms with Gasteiger partial charge in [-0.15, -0.1) is 0 Å². The van der Waals surface area contributed by atoms with Crippen LogP contribution in [0.3, 0.4) is 0 Å². The molecule has 84 valence electrons. The molecule has 0 aromatic heterocycles. The topological polar surface area (TPSA) is 107 Å². The van der Waals surface area contributed by atoms with Gasteiger partial charge in [0.15, 0.2) is 0 Å². The number of carbonyl (C=O) groups is 3. The van der Waals surface area contributed by atoms with Gasteiger partial charge < -0.3 is 20.4 Å². The first-order valence-electron chi connectivity index (χ1n) is 4.51. The Balaban J connectivity index is 2.73. The van der Waals surface area contributed by atoms with Gasteiger partial charge in [0.1, 0.15) is 6.04 Å². The van der Waals surface area contributed by atoms with E-state index in [2.05, 4.69) is 5.32 Å². The molecule has 1 fully saturated rings. The summed E-state index contributed by atoms with van der Waals surface area (Å²) < 4.78 is 0. The summed E-state index contributed by atoms with van der Waals surface area (Å²) in [6.07, 6.45) is 0.0396. The fourth-order valence-electron chi connectivity index (χ4n) is 1.44. The number of rotatable bonds is 4. The van der Waals surface area contributed by atoms with E-state index in [0.29, 0.717) is 13.0 Å². The molecule has 7 nitrogen and oxygen atoms in total. The van der Waals surface area contributed by atoms with Crippen LogP contribution in [0.25, 0.3) is 0 Å². The summed E-state index contributed by atoms with van der Waals surface area (Å²) in [6, 6.07) is -1.81. The van der Waals surface area contributed by atoms with Crippen molar-refractivity contribution in [2.45, 2.75) is 18.9 Å². The van der Waals surface area contributed by atoms with Gasteiger partial charge in [-0.1, -0.05) is 0 Å². The summed E-state index contributed by atoms with van der Waals surface area (Å²) >= 11 is 0. The second-order valence-corrected chi connectivity index (χ2v) is 3.23. The molecule has 1 unspecified atom stereocenters. The van der Waals surface area contributed by atoms with E-state index in [1.807, 2.05) is 0 Å². The van der Waals surface area contributed by atoms with E-state index in [1.165, 1.54) is 0 Å². The zero-order chi connectivity index (χ0) is 11.4. The van der Waals surface area contributed by atoms with Crippen molar-refractivity contribution in [1.82, 2.24) is 10.2 Å². The van der Waals surface area contributed by atoms with Crippen LogP contribution in [0.5, 0.6) is 0 Å². The molecule has 2 amide bonds. The van der Waals surface area contributed by atoms with Crippen molar-refractivity contribution in [1.29, 1.82) is 0 Å². The molecule has 0 aromatic carbocycles. The molecule has 0 aliphatic carbocycles. The number of urea groups is 1. The number of carboxylic acids is 2. The van der Waals surface area contributed by atoms with Gasteiger partial charge in [-0.05, 0) is 6.42 Å². The molecule has 0 saturated carbocycles. The molecule has 3 N–H and O–H groups in total. The molecule has 0 aromatic rings. The van der Waals surface area contributed by atoms with Crippen LogP contribution in [0.15, 0.2) is 0 Å². The van der Waals surface area contributed by atoms with Gasteiger partial charge in [0.25, 0.3) is 0 Å². The van der Waals surface area contributed by atoms with Crippen LogP contribution in [0.4, 0.5) is 4.79 Å². The van der Waals surface area contributed by atoms with Crippen LogP contribution < -0.4 is 5.32 Å². The van der Waals surface area contributed by atoms with E-state index in [-0.39, 0.29) is 6.54 Å². The number of hydrogen-bond acceptors (Lipinski definition) is 3. The Hall–Kier alpha value is -1.79. The largest absolute Gasteiger partial charge is 0.481 e. The SMILES string of the molecule is O=C(O)CC(C(=O)O)N1CCCNC1=O. The Kier molecular flexibility index (Phi) is 3.48. The van der Waals surface area contributed by atoms with Crippen LogP contribution in [-0.2, 0) is 9.59 Å². The van der Waals surface area contributed by atoms with Crippen LogP contribution in [-0.4, -0.2) is 52.2 Å². The summed E-state index contributed by atoms with van der Waals surface area (Å²) in [5, 5.41) is 19.8. The lowest BCUT2D eigenvalue weighted by Gasteiger charge is -2.31. The summed E-state index contributed by atoms with van der Waals surface area (Å²) in [4.78, 5) is 33.6. The second-order valence-electron chi connectivity index (χ2n) is 3.23. The first-order valence-corrected chi connectivity index (χ1v) is 4.51. The highest BCUT2D eigenvalue weighted by Crippen LogP contribution is 2.09. The molecule has 1 saturated heterocycles. The maximum absolute atomic E-state index is 11.3. The standard InChI is InChI=1S/C8H12N2O5/c11-6(12)4-5(7(13)14)10-3-1-2-9-8(10)15/h5H,1-4H2,(H,9,15)(H,11,12)(H,13,14). The van der Waals surface area contributed by atoms with Gasteiger partial charge in [0, 0.05) is 13.1 Å². The average Bonchev–Trinajstić information content (AvgIpc) is 2.15. The van der Waals surface area contributed by atoms with Crippen LogP contribution in [0.1, 0.15) is 12.8 Å². The highest BCUT2D eigenvalue weighted by atomic mass is 16.4. The van der Waals surface area contributed by atoms with Crippen molar-refractivity contribution in [3.63, 3.8) is 0 Å². The lowest BCUT2D eigenvalue weighted by molar-refractivity contribution is -0.148. The molecule has 15 heavy (non-hydrogen) atoms. The zero-order valence-corrected chi connectivity index (χ0v) is 7.97. The molecule has 1 aliphatic heterocycles. The Morgan fingerprint density at radius 2 is 2.13 bits per heavy atom. The Labute approximate surface area is 85.7 Å². The van der Waals surface area contributed by atoms with E-state index < -0.39 is 30.4 Å². The molecule has 1 atom stereocenters. The normalized spacial score (nSPS) is 18.1. The van der Waals surface area contributed by atoms with Crippen molar-refractivity contribution in [3.8, 4) is 0 Å². The highest BCUT2D eigenvalue weighted by Gasteiger charge is 2.32. The maximum Gasteiger partial charge on any atom is 0.327 e. The third-order valence-corrected chi connectivity index (χ3v) is 2.14. The van der Waals surface area contributed by atoms with Gasteiger partial charge in [0.2, 0.25) is 0 Å². The van der Waals surface area contributed by atoms with E-state index in [0.717, 1.165) is 4.90 Å². The lowest BCUT2D eigenvalue weighted by Crippen LogP contribution is -2.54. The minimum atomic E-state index is -1.30. The molecular formula is C8H12N2O5. The van der Waals surface area contributed by atoms with Gasteiger partial charge in [-0.3, -0.25) is 4.79 Å². The van der Waals surface area contributed by atoms with E-state index in [4.69, 9.17) is 10.2 Å². The van der Waals surface area contributed by atoms with E-state index >= 15 is 0 Å². The molecule has 0 spiro atoms. The summed E-state index contributed by atoms with van der Waals surface area (Å²) in [5.41, 5.74) is 0. The number of carboxylic acid groups (broad SMARTS) is 2. The summed E-state index contributed by atoms with van der Waals surface area (Å²) in [7, 11) is 0. The van der Waals surface area contributed by atoms with Crippen molar-refractivity contribution < 1.29 is 24.6 Å². The minimum absolute atomic E-state index is 0.274. The number of nitrogens with one attached hydrogen (secondary N) is 1. The van der Waals surface area contributed by atoms with E-state index in [1.54, 1.807) is 0 Å². The smallest absolute Gasteiger partial charge is 0.327 e. The number of nitrogens with zero attached hydrogens (tertiary/aromatic N) is 1. The number of aliphatic carboxylic acids is 2. The summed E-state index contributed by atoms with van der Waals surface area (Å²) in [6.45, 7) is 0.769. The zero-order valence-electron chi connectivity index (χ0n) is 7.97. The van der Waals surface area contributed by atoms with E-state index in [9.17, 15) is 14.4 Å². The monoisotopic (exact) mass is 216 g/mol. The quantitative estimate of drug-likeness (QED) is 0.577. The van der Waals surface area contributed by atoms with Gasteiger partial charge in [-0.2, -0.15) is 0 Å². The van der Waals surface area contributed by atoms with Crippen LogP contribution in [0, 0.1) is 0 Å². The predicted molar refractivity (Wildman–Crippen MR) is 48.4 cm³/mol. The Morgan fingerprint density at radius 3 is 2.60 bits per heavy atom. The first kappa shape index (κ1) is 11.3. The van der Waals surface area contributed by atoms with Crippen molar-refractivity contribution in [2.75, 3.05) is 13.1 Å². The number of hydrogen-bond donors (Lipinski definition) is 3. The molecule has 0 bridgehead atoms.